The van der Waals surface area contributed by atoms with E-state index in [-0.39, 0.29) is 12.5 Å². The third-order valence-electron chi connectivity index (χ3n) is 4.07. The number of benzene rings is 1. The van der Waals surface area contributed by atoms with Crippen LogP contribution in [-0.2, 0) is 4.79 Å². The van der Waals surface area contributed by atoms with Crippen molar-refractivity contribution < 1.29 is 9.59 Å². The molecular formula is C16H21N7O2. The third kappa shape index (κ3) is 4.54. The summed E-state index contributed by atoms with van der Waals surface area (Å²) in [6.07, 6.45) is 3.33. The molecule has 1 aromatic carbocycles. The SMILES string of the molecule is CN1CCN(C(=O)CNC(=O)Nc2ccc(-n3ccnn3)cc2)CC1. The van der Waals surface area contributed by atoms with Crippen LogP contribution in [0.4, 0.5) is 10.5 Å². The van der Waals surface area contributed by atoms with E-state index in [0.717, 1.165) is 18.8 Å². The number of hydrogen-bond donors (Lipinski definition) is 2. The van der Waals surface area contributed by atoms with Gasteiger partial charge in [0.2, 0.25) is 5.91 Å². The molecule has 1 aliphatic heterocycles. The number of hydrogen-bond acceptors (Lipinski definition) is 5. The summed E-state index contributed by atoms with van der Waals surface area (Å²) in [5.41, 5.74) is 1.47. The van der Waals surface area contributed by atoms with E-state index in [1.165, 1.54) is 0 Å². The fourth-order valence-electron chi connectivity index (χ4n) is 2.54. The van der Waals surface area contributed by atoms with Crippen LogP contribution < -0.4 is 10.6 Å². The summed E-state index contributed by atoms with van der Waals surface area (Å²) in [7, 11) is 2.03. The Morgan fingerprint density at radius 2 is 1.84 bits per heavy atom. The molecule has 3 amide bonds. The Labute approximate surface area is 145 Å². The number of urea groups is 1. The predicted molar refractivity (Wildman–Crippen MR) is 92.5 cm³/mol. The van der Waals surface area contributed by atoms with Crippen molar-refractivity contribution in [2.75, 3.05) is 45.1 Å². The van der Waals surface area contributed by atoms with Crippen LogP contribution in [0, 0.1) is 0 Å². The molecule has 2 heterocycles. The molecule has 1 fully saturated rings. The van der Waals surface area contributed by atoms with E-state index in [0.29, 0.717) is 18.8 Å². The number of amides is 3. The summed E-state index contributed by atoms with van der Waals surface area (Å²) >= 11 is 0. The first-order valence-electron chi connectivity index (χ1n) is 8.10. The number of carbonyl (C=O) groups is 2. The first-order valence-corrected chi connectivity index (χ1v) is 8.10. The van der Waals surface area contributed by atoms with Gasteiger partial charge in [-0.15, -0.1) is 5.10 Å². The monoisotopic (exact) mass is 343 g/mol. The van der Waals surface area contributed by atoms with Gasteiger partial charge in [0.05, 0.1) is 24.6 Å². The quantitative estimate of drug-likeness (QED) is 0.825. The van der Waals surface area contributed by atoms with Crippen molar-refractivity contribution in [1.82, 2.24) is 30.1 Å². The summed E-state index contributed by atoms with van der Waals surface area (Å²) < 4.78 is 1.62. The van der Waals surface area contributed by atoms with Gasteiger partial charge in [0.15, 0.2) is 0 Å². The van der Waals surface area contributed by atoms with Crippen molar-refractivity contribution in [2.45, 2.75) is 0 Å². The second kappa shape index (κ2) is 7.75. The number of rotatable bonds is 4. The van der Waals surface area contributed by atoms with Crippen molar-refractivity contribution in [3.63, 3.8) is 0 Å². The molecule has 132 valence electrons. The van der Waals surface area contributed by atoms with Crippen LogP contribution in [0.25, 0.3) is 5.69 Å². The van der Waals surface area contributed by atoms with E-state index < -0.39 is 6.03 Å². The highest BCUT2D eigenvalue weighted by molar-refractivity contribution is 5.92. The van der Waals surface area contributed by atoms with Gasteiger partial charge < -0.3 is 20.4 Å². The van der Waals surface area contributed by atoms with Gasteiger partial charge in [-0.25, -0.2) is 9.48 Å². The molecule has 9 nitrogen and oxygen atoms in total. The summed E-state index contributed by atoms with van der Waals surface area (Å²) in [5.74, 6) is -0.0650. The molecule has 0 bridgehead atoms. The fraction of sp³-hybridized carbons (Fsp3) is 0.375. The van der Waals surface area contributed by atoms with E-state index in [1.54, 1.807) is 34.1 Å². The van der Waals surface area contributed by atoms with Crippen molar-refractivity contribution in [2.24, 2.45) is 0 Å². The normalized spacial score (nSPS) is 15.0. The van der Waals surface area contributed by atoms with Crippen LogP contribution in [0.1, 0.15) is 0 Å². The highest BCUT2D eigenvalue weighted by Gasteiger charge is 2.19. The molecule has 1 aliphatic rings. The number of nitrogens with zero attached hydrogens (tertiary/aromatic N) is 5. The van der Waals surface area contributed by atoms with Crippen LogP contribution in [0.15, 0.2) is 36.7 Å². The lowest BCUT2D eigenvalue weighted by Crippen LogP contribution is -2.50. The molecule has 1 aromatic heterocycles. The molecule has 0 radical (unpaired) electrons. The van der Waals surface area contributed by atoms with Gasteiger partial charge in [-0.05, 0) is 31.3 Å². The number of aromatic nitrogens is 3. The van der Waals surface area contributed by atoms with E-state index in [4.69, 9.17) is 0 Å². The molecule has 0 saturated carbocycles. The highest BCUT2D eigenvalue weighted by atomic mass is 16.2. The lowest BCUT2D eigenvalue weighted by Gasteiger charge is -2.32. The zero-order valence-corrected chi connectivity index (χ0v) is 14.1. The number of carbonyl (C=O) groups excluding carboxylic acids is 2. The second-order valence-corrected chi connectivity index (χ2v) is 5.89. The van der Waals surface area contributed by atoms with Gasteiger partial charge in [-0.3, -0.25) is 4.79 Å². The highest BCUT2D eigenvalue weighted by Crippen LogP contribution is 2.12. The molecule has 3 rings (SSSR count). The molecule has 0 unspecified atom stereocenters. The Morgan fingerprint density at radius 1 is 1.12 bits per heavy atom. The molecule has 0 aliphatic carbocycles. The lowest BCUT2D eigenvalue weighted by molar-refractivity contribution is -0.131. The van der Waals surface area contributed by atoms with Crippen LogP contribution in [0.5, 0.6) is 0 Å². The second-order valence-electron chi connectivity index (χ2n) is 5.89. The Hall–Kier alpha value is -2.94. The summed E-state index contributed by atoms with van der Waals surface area (Å²) in [4.78, 5) is 28.0. The Balaban J connectivity index is 1.45. The van der Waals surface area contributed by atoms with Gasteiger partial charge in [0.1, 0.15) is 0 Å². The number of likely N-dealkylation sites (N-methyl/N-ethyl adjacent to an activating group) is 1. The first kappa shape index (κ1) is 16.9. The Bertz CT molecular complexity index is 707. The maximum absolute atomic E-state index is 12.1. The zero-order valence-electron chi connectivity index (χ0n) is 14.1. The molecule has 25 heavy (non-hydrogen) atoms. The van der Waals surface area contributed by atoms with E-state index in [9.17, 15) is 9.59 Å². The molecule has 9 heteroatoms. The average Bonchev–Trinajstić information content (AvgIpc) is 3.15. The zero-order chi connectivity index (χ0) is 17.6. The Morgan fingerprint density at radius 3 is 2.48 bits per heavy atom. The number of piperazine rings is 1. The van der Waals surface area contributed by atoms with E-state index in [2.05, 4.69) is 25.8 Å². The van der Waals surface area contributed by atoms with Gasteiger partial charge >= 0.3 is 6.03 Å². The van der Waals surface area contributed by atoms with Gasteiger partial charge in [-0.1, -0.05) is 5.21 Å². The van der Waals surface area contributed by atoms with Crippen LogP contribution in [0.2, 0.25) is 0 Å². The van der Waals surface area contributed by atoms with Crippen LogP contribution in [0.3, 0.4) is 0 Å². The summed E-state index contributed by atoms with van der Waals surface area (Å²) in [6, 6.07) is 6.76. The first-order chi connectivity index (χ1) is 12.1. The van der Waals surface area contributed by atoms with E-state index in [1.807, 2.05) is 19.2 Å². The molecule has 0 atom stereocenters. The van der Waals surface area contributed by atoms with Gasteiger partial charge in [-0.2, -0.15) is 0 Å². The minimum atomic E-state index is -0.406. The predicted octanol–water partition coefficient (Wildman–Crippen LogP) is 0.163. The van der Waals surface area contributed by atoms with Crippen molar-refractivity contribution in [1.29, 1.82) is 0 Å². The number of anilines is 1. The smallest absolute Gasteiger partial charge is 0.319 e. The largest absolute Gasteiger partial charge is 0.339 e. The van der Waals surface area contributed by atoms with Gasteiger partial charge in [0.25, 0.3) is 0 Å². The summed E-state index contributed by atoms with van der Waals surface area (Å²) in [5, 5.41) is 12.9. The summed E-state index contributed by atoms with van der Waals surface area (Å²) in [6.45, 7) is 3.10. The Kier molecular flexibility index (Phi) is 5.24. The molecule has 2 N–H and O–H groups in total. The molecule has 0 spiro atoms. The van der Waals surface area contributed by atoms with Crippen LogP contribution >= 0.6 is 0 Å². The minimum absolute atomic E-state index is 0.00735. The standard InChI is InChI=1S/C16H21N7O2/c1-21-8-10-22(11-9-21)15(24)12-17-16(25)19-13-2-4-14(5-3-13)23-7-6-18-20-23/h2-7H,8-12H2,1H3,(H2,17,19,25). The lowest BCUT2D eigenvalue weighted by atomic mass is 10.3. The maximum Gasteiger partial charge on any atom is 0.319 e. The molecular weight excluding hydrogens is 322 g/mol. The van der Waals surface area contributed by atoms with Crippen molar-refractivity contribution in [3.05, 3.63) is 36.7 Å². The van der Waals surface area contributed by atoms with Crippen LogP contribution in [-0.4, -0.2) is 76.5 Å². The van der Waals surface area contributed by atoms with E-state index >= 15 is 0 Å². The third-order valence-corrected chi connectivity index (χ3v) is 4.07. The molecule has 2 aromatic rings. The fourth-order valence-corrected chi connectivity index (χ4v) is 2.54. The van der Waals surface area contributed by atoms with Crippen molar-refractivity contribution >= 4 is 17.6 Å². The minimum Gasteiger partial charge on any atom is -0.339 e. The van der Waals surface area contributed by atoms with Crippen molar-refractivity contribution in [3.8, 4) is 5.69 Å². The topological polar surface area (TPSA) is 95.4 Å². The number of nitrogens with one attached hydrogen (secondary N) is 2. The average molecular weight is 343 g/mol. The maximum atomic E-state index is 12.1. The molecule has 1 saturated heterocycles. The van der Waals surface area contributed by atoms with Gasteiger partial charge in [0, 0.05) is 31.9 Å².